The van der Waals surface area contributed by atoms with Gasteiger partial charge in [-0.25, -0.2) is 4.48 Å². The van der Waals surface area contributed by atoms with E-state index in [4.69, 9.17) is 20.4 Å². The normalized spacial score (nSPS) is 10.8. The van der Waals surface area contributed by atoms with Crippen LogP contribution in [0, 0.1) is 0 Å². The van der Waals surface area contributed by atoms with Gasteiger partial charge in [0.2, 0.25) is 0 Å². The zero-order chi connectivity index (χ0) is 7.33. The number of nitrogens with zero attached hydrogens (tertiary/aromatic N) is 1. The molecule has 0 bridgehead atoms. The van der Waals surface area contributed by atoms with Gasteiger partial charge in [-0.15, -0.1) is 0 Å². The second-order valence-corrected chi connectivity index (χ2v) is 1.91. The van der Waals surface area contributed by atoms with Crippen molar-refractivity contribution in [2.24, 2.45) is 0 Å². The fourth-order valence-corrected chi connectivity index (χ4v) is 0.268. The van der Waals surface area contributed by atoms with Crippen LogP contribution >= 0.6 is 0 Å². The molecule has 0 amide bonds. The first-order valence-corrected chi connectivity index (χ1v) is 2.53. The van der Waals surface area contributed by atoms with Crippen LogP contribution in [-0.2, 0) is 0 Å². The van der Waals surface area contributed by atoms with E-state index in [2.05, 4.69) is 0 Å². The van der Waals surface area contributed by atoms with Gasteiger partial charge in [0, 0.05) is 0 Å². The average molecular weight is 155 g/mol. The lowest BCUT2D eigenvalue weighted by Crippen LogP contribution is -2.50. The van der Waals surface area contributed by atoms with Crippen molar-refractivity contribution in [3.8, 4) is 0 Å². The lowest BCUT2D eigenvalue weighted by molar-refractivity contribution is -0.991. The van der Waals surface area contributed by atoms with Gasteiger partial charge in [0.25, 0.3) is 0 Å². The number of aliphatic hydroxyl groups excluding tert-OH is 4. The third kappa shape index (κ3) is 2.56. The summed E-state index contributed by atoms with van der Waals surface area (Å²) in [6.45, 7) is -1.88. The summed E-state index contributed by atoms with van der Waals surface area (Å²) in [6, 6.07) is 0. The van der Waals surface area contributed by atoms with E-state index in [1.165, 1.54) is 0 Å². The van der Waals surface area contributed by atoms with Crippen molar-refractivity contribution in [1.82, 2.24) is 0 Å². The molecule has 0 aliphatic carbocycles. The summed E-state index contributed by atoms with van der Waals surface area (Å²) >= 11 is 0. The molecule has 0 saturated heterocycles. The molecule has 6 nitrogen and oxygen atoms in total. The predicted octanol–water partition coefficient (Wildman–Crippen LogP) is -2.57. The quantitative estimate of drug-likeness (QED) is 0.263. The summed E-state index contributed by atoms with van der Waals surface area (Å²) < 4.78 is -0.500. The van der Waals surface area contributed by atoms with Crippen LogP contribution in [0.1, 0.15) is 0 Å². The third-order valence-corrected chi connectivity index (χ3v) is 1.20. The molecule has 0 saturated carbocycles. The van der Waals surface area contributed by atoms with Crippen molar-refractivity contribution in [3.63, 3.8) is 0 Å². The van der Waals surface area contributed by atoms with Crippen LogP contribution in [0.3, 0.4) is 0 Å². The van der Waals surface area contributed by atoms with Crippen LogP contribution in [0.2, 0.25) is 0 Å². The lowest BCUT2D eigenvalue weighted by Gasteiger charge is -2.28. The van der Waals surface area contributed by atoms with Crippen molar-refractivity contribution in [3.05, 3.63) is 0 Å². The van der Waals surface area contributed by atoms with Crippen LogP contribution in [0.15, 0.2) is 0 Å². The lowest BCUT2D eigenvalue weighted by atomic mass is 10.6. The maximum atomic E-state index is 8.47. The Balaban J connectivity index is 0. The van der Waals surface area contributed by atoms with Gasteiger partial charge in [-0.1, -0.05) is 0 Å². The summed E-state index contributed by atoms with van der Waals surface area (Å²) in [7, 11) is 0. The molecular weight excluding hydrogens is 142 g/mol. The fourth-order valence-electron chi connectivity index (χ4n) is 0.268. The van der Waals surface area contributed by atoms with Gasteiger partial charge in [-0.2, -0.15) is 0 Å². The predicted molar refractivity (Wildman–Crippen MR) is 30.5 cm³/mol. The minimum Gasteiger partial charge on any atom is -0.870 e. The van der Waals surface area contributed by atoms with E-state index in [9.17, 15) is 0 Å². The van der Waals surface area contributed by atoms with Crippen molar-refractivity contribution >= 4 is 0 Å². The minimum absolute atomic E-state index is 0. The molecule has 0 aliphatic rings. The smallest absolute Gasteiger partial charge is 0.185 e. The molecule has 0 aromatic carbocycles. The maximum Gasteiger partial charge on any atom is 0.185 e. The molecule has 0 fully saturated rings. The summed E-state index contributed by atoms with van der Waals surface area (Å²) in [5, 5.41) is 33.9. The second-order valence-electron chi connectivity index (χ2n) is 1.91. The molecule has 0 spiro atoms. The number of hydrogen-bond acceptors (Lipinski definition) is 5. The Labute approximate surface area is 58.5 Å². The highest BCUT2D eigenvalue weighted by molar-refractivity contribution is 4.10. The molecular formula is C4H13NO5. The standard InChI is InChI=1S/C4H12NO4.H2O/c6-1-5(2-7,3-8)4-9;/h6-9H,1-4H2;1H2/q+1;/p-1. The zero-order valence-corrected chi connectivity index (χ0v) is 5.51. The Kier molecular flexibility index (Phi) is 6.89. The minimum atomic E-state index is -0.500. The molecule has 10 heavy (non-hydrogen) atoms. The van der Waals surface area contributed by atoms with Crippen molar-refractivity contribution < 1.29 is 30.4 Å². The molecule has 0 aliphatic heterocycles. The molecule has 0 aromatic heterocycles. The largest absolute Gasteiger partial charge is 0.870 e. The van der Waals surface area contributed by atoms with E-state index in [1.807, 2.05) is 0 Å². The second kappa shape index (κ2) is 5.54. The molecule has 0 unspecified atom stereocenters. The number of rotatable bonds is 4. The molecule has 0 radical (unpaired) electrons. The summed E-state index contributed by atoms with van der Waals surface area (Å²) in [4.78, 5) is 0. The van der Waals surface area contributed by atoms with Gasteiger partial charge in [0.05, 0.1) is 0 Å². The van der Waals surface area contributed by atoms with Crippen LogP contribution in [0.5, 0.6) is 0 Å². The topological polar surface area (TPSA) is 111 Å². The first kappa shape index (κ1) is 12.4. The zero-order valence-electron chi connectivity index (χ0n) is 5.51. The summed E-state index contributed by atoms with van der Waals surface area (Å²) in [5.41, 5.74) is 0. The van der Waals surface area contributed by atoms with Crippen molar-refractivity contribution in [2.75, 3.05) is 26.9 Å². The Morgan fingerprint density at radius 2 is 0.900 bits per heavy atom. The highest BCUT2D eigenvalue weighted by atomic mass is 16.4. The van der Waals surface area contributed by atoms with E-state index in [0.29, 0.717) is 0 Å². The van der Waals surface area contributed by atoms with E-state index in [-0.39, 0.29) is 5.48 Å². The monoisotopic (exact) mass is 155 g/mol. The molecule has 0 rings (SSSR count). The average Bonchev–Trinajstić information content (AvgIpc) is 1.95. The van der Waals surface area contributed by atoms with E-state index in [0.717, 1.165) is 0 Å². The molecule has 6 heteroatoms. The Morgan fingerprint density at radius 1 is 0.700 bits per heavy atom. The van der Waals surface area contributed by atoms with Crippen LogP contribution in [0.4, 0.5) is 0 Å². The summed E-state index contributed by atoms with van der Waals surface area (Å²) in [5.74, 6) is 0. The maximum absolute atomic E-state index is 8.47. The highest BCUT2D eigenvalue weighted by Crippen LogP contribution is 1.97. The third-order valence-electron chi connectivity index (χ3n) is 1.20. The van der Waals surface area contributed by atoms with Gasteiger partial charge >= 0.3 is 0 Å². The van der Waals surface area contributed by atoms with Crippen molar-refractivity contribution in [1.29, 1.82) is 0 Å². The van der Waals surface area contributed by atoms with Crippen LogP contribution < -0.4 is 0 Å². The first-order chi connectivity index (χ1) is 4.24. The van der Waals surface area contributed by atoms with Gasteiger partial charge in [0.15, 0.2) is 26.9 Å². The SMILES string of the molecule is OC[N+](CO)(CO)CO.[OH-]. The van der Waals surface area contributed by atoms with Crippen LogP contribution in [0.25, 0.3) is 0 Å². The highest BCUT2D eigenvalue weighted by Gasteiger charge is 2.22. The summed E-state index contributed by atoms with van der Waals surface area (Å²) in [6.07, 6.45) is 0. The number of quaternary nitrogens is 1. The van der Waals surface area contributed by atoms with E-state index >= 15 is 0 Å². The van der Waals surface area contributed by atoms with E-state index in [1.54, 1.807) is 0 Å². The Hall–Kier alpha value is -0.240. The molecule has 0 atom stereocenters. The van der Waals surface area contributed by atoms with Gasteiger partial charge < -0.3 is 25.9 Å². The molecule has 0 aromatic rings. The van der Waals surface area contributed by atoms with Gasteiger partial charge in [0.1, 0.15) is 0 Å². The Morgan fingerprint density at radius 3 is 0.900 bits per heavy atom. The van der Waals surface area contributed by atoms with E-state index < -0.39 is 31.4 Å². The number of aliphatic hydroxyl groups is 4. The first-order valence-electron chi connectivity index (χ1n) is 2.53. The fraction of sp³-hybridized carbons (Fsp3) is 1.00. The molecule has 64 valence electrons. The number of hydrogen-bond donors (Lipinski definition) is 4. The van der Waals surface area contributed by atoms with Gasteiger partial charge in [-0.3, -0.25) is 0 Å². The Bertz CT molecular complexity index is 56.5. The van der Waals surface area contributed by atoms with Crippen LogP contribution in [-0.4, -0.2) is 57.3 Å². The van der Waals surface area contributed by atoms with Crippen molar-refractivity contribution in [2.45, 2.75) is 0 Å². The molecule has 0 heterocycles. The molecule has 5 N–H and O–H groups in total. The van der Waals surface area contributed by atoms with Gasteiger partial charge in [-0.05, 0) is 0 Å².